The van der Waals surface area contributed by atoms with Crippen molar-refractivity contribution in [2.24, 2.45) is 0 Å². The number of sulfonamides is 1. The molecule has 1 heterocycles. The van der Waals surface area contributed by atoms with Crippen LogP contribution in [0.1, 0.15) is 21.5 Å². The van der Waals surface area contributed by atoms with Crippen molar-refractivity contribution in [1.29, 1.82) is 0 Å². The Hall–Kier alpha value is -3.07. The summed E-state index contributed by atoms with van der Waals surface area (Å²) in [5.41, 5.74) is 1.98. The topological polar surface area (TPSA) is 69.7 Å². The summed E-state index contributed by atoms with van der Waals surface area (Å²) in [7, 11) is -3.71. The van der Waals surface area contributed by atoms with Crippen LogP contribution in [0, 0.1) is 5.82 Å². The number of hydrogen-bond acceptors (Lipinski definition) is 4. The van der Waals surface area contributed by atoms with Gasteiger partial charge in [-0.25, -0.2) is 12.8 Å². The van der Waals surface area contributed by atoms with Gasteiger partial charge in [-0.3, -0.25) is 9.69 Å². The Kier molecular flexibility index (Phi) is 7.72. The monoisotopic (exact) mass is 481 g/mol. The zero-order valence-corrected chi connectivity index (χ0v) is 19.7. The molecule has 3 aromatic carbocycles. The predicted octanol–water partition coefficient (Wildman–Crippen LogP) is 3.30. The van der Waals surface area contributed by atoms with Crippen LogP contribution in [0.25, 0.3) is 0 Å². The van der Waals surface area contributed by atoms with E-state index in [-0.39, 0.29) is 28.7 Å². The fourth-order valence-electron chi connectivity index (χ4n) is 4.03. The third kappa shape index (κ3) is 5.88. The molecule has 0 atom stereocenters. The van der Waals surface area contributed by atoms with Crippen LogP contribution in [0.5, 0.6) is 0 Å². The molecular weight excluding hydrogens is 453 g/mol. The Morgan fingerprint density at radius 3 is 2.32 bits per heavy atom. The first-order chi connectivity index (χ1) is 16.4. The average molecular weight is 482 g/mol. The van der Waals surface area contributed by atoms with Crippen molar-refractivity contribution < 1.29 is 17.6 Å². The highest BCUT2D eigenvalue weighted by Crippen LogP contribution is 2.20. The van der Waals surface area contributed by atoms with Gasteiger partial charge in [-0.05, 0) is 41.8 Å². The second-order valence-corrected chi connectivity index (χ2v) is 10.2. The maximum absolute atomic E-state index is 13.7. The maximum atomic E-state index is 13.7. The molecule has 4 rings (SSSR count). The minimum Gasteiger partial charge on any atom is -0.352 e. The summed E-state index contributed by atoms with van der Waals surface area (Å²) in [5, 5.41) is 2.74. The van der Waals surface area contributed by atoms with Crippen LogP contribution in [0.15, 0.2) is 83.8 Å². The van der Waals surface area contributed by atoms with Gasteiger partial charge in [0.15, 0.2) is 0 Å². The fraction of sp³-hybridized carbons (Fsp3) is 0.269. The van der Waals surface area contributed by atoms with E-state index >= 15 is 0 Å². The molecule has 0 radical (unpaired) electrons. The predicted molar refractivity (Wildman–Crippen MR) is 129 cm³/mol. The zero-order valence-electron chi connectivity index (χ0n) is 18.9. The molecule has 1 aliphatic rings. The first-order valence-electron chi connectivity index (χ1n) is 11.3. The van der Waals surface area contributed by atoms with E-state index in [4.69, 9.17) is 0 Å². The van der Waals surface area contributed by atoms with E-state index < -0.39 is 10.0 Å². The third-order valence-electron chi connectivity index (χ3n) is 5.95. The number of nitrogens with zero attached hydrogens (tertiary/aromatic N) is 2. The van der Waals surface area contributed by atoms with Gasteiger partial charge in [0.2, 0.25) is 10.0 Å². The van der Waals surface area contributed by atoms with Crippen LogP contribution in [0.4, 0.5) is 4.39 Å². The van der Waals surface area contributed by atoms with Crippen LogP contribution < -0.4 is 5.32 Å². The molecule has 8 heteroatoms. The SMILES string of the molecule is O=C(NCCc1ccccc1F)c1cccc(S(=O)(=O)N2CCN(Cc3ccccc3)CC2)c1. The van der Waals surface area contributed by atoms with Gasteiger partial charge < -0.3 is 5.32 Å². The lowest BCUT2D eigenvalue weighted by Crippen LogP contribution is -2.48. The van der Waals surface area contributed by atoms with E-state index in [0.717, 1.165) is 6.54 Å². The average Bonchev–Trinajstić information content (AvgIpc) is 2.86. The third-order valence-corrected chi connectivity index (χ3v) is 7.85. The molecule has 0 aromatic heterocycles. The Bertz CT molecular complexity index is 1230. The van der Waals surface area contributed by atoms with Crippen LogP contribution in [0.3, 0.4) is 0 Å². The van der Waals surface area contributed by atoms with E-state index in [9.17, 15) is 17.6 Å². The molecule has 1 amide bonds. The van der Waals surface area contributed by atoms with Crippen molar-refractivity contribution in [2.75, 3.05) is 32.7 Å². The minimum absolute atomic E-state index is 0.103. The summed E-state index contributed by atoms with van der Waals surface area (Å²) < 4.78 is 41.6. The molecule has 0 spiro atoms. The zero-order chi connectivity index (χ0) is 24.0. The van der Waals surface area contributed by atoms with Crippen molar-refractivity contribution >= 4 is 15.9 Å². The van der Waals surface area contributed by atoms with Crippen LogP contribution >= 0.6 is 0 Å². The first kappa shape index (κ1) is 24.1. The standard InChI is InChI=1S/C26H28FN3O3S/c27-25-12-5-4-9-22(25)13-14-28-26(31)23-10-6-11-24(19-23)34(32,33)30-17-15-29(16-18-30)20-21-7-2-1-3-8-21/h1-12,19H,13-18,20H2,(H,28,31). The highest BCUT2D eigenvalue weighted by atomic mass is 32.2. The second-order valence-electron chi connectivity index (χ2n) is 8.29. The quantitative estimate of drug-likeness (QED) is 0.536. The van der Waals surface area contributed by atoms with Gasteiger partial charge in [-0.15, -0.1) is 0 Å². The van der Waals surface area contributed by atoms with E-state index in [0.29, 0.717) is 38.2 Å². The van der Waals surface area contributed by atoms with E-state index in [1.165, 1.54) is 28.1 Å². The maximum Gasteiger partial charge on any atom is 0.251 e. The van der Waals surface area contributed by atoms with Gasteiger partial charge >= 0.3 is 0 Å². The van der Waals surface area contributed by atoms with E-state index in [2.05, 4.69) is 22.3 Å². The van der Waals surface area contributed by atoms with Crippen molar-refractivity contribution in [3.8, 4) is 0 Å². The summed E-state index contributed by atoms with van der Waals surface area (Å²) in [6.45, 7) is 3.12. The smallest absolute Gasteiger partial charge is 0.251 e. The molecule has 1 N–H and O–H groups in total. The lowest BCUT2D eigenvalue weighted by molar-refractivity contribution is 0.0954. The Labute approximate surface area is 200 Å². The van der Waals surface area contributed by atoms with Gasteiger partial charge in [0.25, 0.3) is 5.91 Å². The van der Waals surface area contributed by atoms with Crippen LogP contribution in [-0.4, -0.2) is 56.3 Å². The Morgan fingerprint density at radius 1 is 0.882 bits per heavy atom. The summed E-state index contributed by atoms with van der Waals surface area (Å²) in [5.74, 6) is -0.699. The number of halogens is 1. The van der Waals surface area contributed by atoms with Gasteiger partial charge in [0, 0.05) is 44.8 Å². The van der Waals surface area contributed by atoms with Crippen molar-refractivity contribution in [2.45, 2.75) is 17.9 Å². The Morgan fingerprint density at radius 2 is 1.59 bits per heavy atom. The summed E-state index contributed by atoms with van der Waals surface area (Å²) in [6, 6.07) is 22.6. The molecule has 178 valence electrons. The number of piperazine rings is 1. The molecule has 1 fully saturated rings. The van der Waals surface area contributed by atoms with Crippen molar-refractivity contribution in [3.05, 3.63) is 101 Å². The number of rotatable bonds is 8. The molecule has 6 nitrogen and oxygen atoms in total. The molecule has 34 heavy (non-hydrogen) atoms. The number of nitrogens with one attached hydrogen (secondary N) is 1. The highest BCUT2D eigenvalue weighted by Gasteiger charge is 2.29. The number of carbonyl (C=O) groups is 1. The largest absolute Gasteiger partial charge is 0.352 e. The van der Waals surface area contributed by atoms with Gasteiger partial charge in [0.1, 0.15) is 5.82 Å². The lowest BCUT2D eigenvalue weighted by atomic mass is 10.1. The molecular formula is C26H28FN3O3S. The summed E-state index contributed by atoms with van der Waals surface area (Å²) >= 11 is 0. The number of amides is 1. The van der Waals surface area contributed by atoms with Crippen LogP contribution in [-0.2, 0) is 23.0 Å². The second kappa shape index (κ2) is 10.9. The van der Waals surface area contributed by atoms with Gasteiger partial charge in [0.05, 0.1) is 4.90 Å². The molecule has 0 unspecified atom stereocenters. The number of benzene rings is 3. The molecule has 3 aromatic rings. The fourth-order valence-corrected chi connectivity index (χ4v) is 5.50. The highest BCUT2D eigenvalue weighted by molar-refractivity contribution is 7.89. The van der Waals surface area contributed by atoms with E-state index in [1.54, 1.807) is 30.3 Å². The normalized spacial score (nSPS) is 15.2. The van der Waals surface area contributed by atoms with E-state index in [1.807, 2.05) is 18.2 Å². The van der Waals surface area contributed by atoms with Gasteiger partial charge in [-0.2, -0.15) is 4.31 Å². The summed E-state index contributed by atoms with van der Waals surface area (Å²) in [6.07, 6.45) is 0.351. The first-order valence-corrected chi connectivity index (χ1v) is 12.8. The Balaban J connectivity index is 1.34. The van der Waals surface area contributed by atoms with Crippen molar-refractivity contribution in [1.82, 2.24) is 14.5 Å². The van der Waals surface area contributed by atoms with Crippen LogP contribution in [0.2, 0.25) is 0 Å². The lowest BCUT2D eigenvalue weighted by Gasteiger charge is -2.34. The minimum atomic E-state index is -3.71. The molecule has 1 aliphatic heterocycles. The van der Waals surface area contributed by atoms with Crippen molar-refractivity contribution in [3.63, 3.8) is 0 Å². The van der Waals surface area contributed by atoms with Gasteiger partial charge in [-0.1, -0.05) is 54.6 Å². The summed E-state index contributed by atoms with van der Waals surface area (Å²) in [4.78, 5) is 14.9. The number of carbonyl (C=O) groups excluding carboxylic acids is 1. The molecule has 0 aliphatic carbocycles. The molecule has 0 saturated carbocycles. The molecule has 0 bridgehead atoms. The molecule has 1 saturated heterocycles. The number of hydrogen-bond donors (Lipinski definition) is 1.